The molecule has 2 saturated heterocycles. The molecule has 5 aromatic rings. The molecular weight excluding hydrogens is 820 g/mol. The third-order valence-electron chi connectivity index (χ3n) is 11.6. The van der Waals surface area contributed by atoms with E-state index in [2.05, 4.69) is 61.1 Å². The maximum atomic E-state index is 13.9. The van der Waals surface area contributed by atoms with Crippen LogP contribution in [0.15, 0.2) is 95.7 Å². The van der Waals surface area contributed by atoms with Crippen molar-refractivity contribution >= 4 is 61.2 Å². The number of ether oxygens (including phenoxy) is 2. The maximum Gasteiger partial charge on any atom is 0.293 e. The minimum atomic E-state index is -4.57. The van der Waals surface area contributed by atoms with Crippen molar-refractivity contribution in [1.82, 2.24) is 24.9 Å². The quantitative estimate of drug-likeness (QED) is 0.0690. The predicted molar refractivity (Wildman–Crippen MR) is 236 cm³/mol. The van der Waals surface area contributed by atoms with Crippen molar-refractivity contribution in [3.63, 3.8) is 0 Å². The molecule has 0 bridgehead atoms. The zero-order valence-corrected chi connectivity index (χ0v) is 35.7. The van der Waals surface area contributed by atoms with Crippen molar-refractivity contribution in [3.05, 3.63) is 117 Å². The Kier molecular flexibility index (Phi) is 12.3. The molecule has 1 atom stereocenters. The lowest BCUT2D eigenvalue weighted by atomic mass is 9.72. The third-order valence-corrected chi connectivity index (χ3v) is 13.2. The Morgan fingerprint density at radius 3 is 2.62 bits per heavy atom. The average molecular weight is 869 g/mol. The van der Waals surface area contributed by atoms with Crippen LogP contribution in [-0.4, -0.2) is 99.2 Å². The Morgan fingerprint density at radius 1 is 1.07 bits per heavy atom. The number of nitro groups is 1. The normalized spacial score (nSPS) is 18.5. The number of sulfonamides is 1. The highest BCUT2D eigenvalue weighted by Crippen LogP contribution is 2.43. The molecule has 61 heavy (non-hydrogen) atoms. The molecule has 3 aliphatic rings. The fourth-order valence-corrected chi connectivity index (χ4v) is 9.29. The summed E-state index contributed by atoms with van der Waals surface area (Å²) in [6.45, 7) is 10.6. The summed E-state index contributed by atoms with van der Waals surface area (Å²) in [5.41, 5.74) is 5.43. The van der Waals surface area contributed by atoms with E-state index in [-0.39, 0.29) is 28.5 Å². The number of H-pyrrole nitrogens is 1. The molecule has 1 aliphatic carbocycles. The van der Waals surface area contributed by atoms with Crippen LogP contribution in [0.1, 0.15) is 49.0 Å². The van der Waals surface area contributed by atoms with Crippen LogP contribution in [0.25, 0.3) is 16.6 Å². The zero-order valence-electron chi connectivity index (χ0n) is 34.1. The molecule has 0 spiro atoms. The van der Waals surface area contributed by atoms with Gasteiger partial charge in [-0.05, 0) is 84.3 Å². The number of allylic oxidation sites excluding steroid dienone is 1. The topological polar surface area (TPSA) is 184 Å². The Labute approximate surface area is 359 Å². The Balaban J connectivity index is 1.00. The molecule has 17 heteroatoms. The van der Waals surface area contributed by atoms with Crippen molar-refractivity contribution in [2.75, 3.05) is 69.2 Å². The number of fused-ring (bicyclic) bond motifs is 1. The number of nitrogens with zero attached hydrogens (tertiary/aromatic N) is 4. The van der Waals surface area contributed by atoms with Gasteiger partial charge in [0.1, 0.15) is 22.8 Å². The van der Waals surface area contributed by atoms with Gasteiger partial charge in [0.25, 0.3) is 21.6 Å². The Bertz CT molecular complexity index is 2570. The highest BCUT2D eigenvalue weighted by Gasteiger charge is 2.30. The zero-order chi connectivity index (χ0) is 42.7. The lowest BCUT2D eigenvalue weighted by Gasteiger charge is -2.39. The number of carbonyl (C=O) groups is 1. The standard InChI is InChI=1S/C44H49ClN8O7S/c1-44(2)13-11-31(38(24-44)29-3-5-32(45)6-4-29)27-51-16-18-52(19-17-51)34-7-9-37(41(22-34)60-35-21-30-12-14-47-42(30)49-26-35)43(54)50-61(57,58)36-8-10-39(40(23-36)53(55)56)48-25-33-28-59-20-15-46-33/h3-10,12,14,21-23,26,33,46,48H,11,13,15-20,24-25,27-28H2,1-2H3,(H,47,49)(H,50,54). The molecule has 8 rings (SSSR count). The molecular formula is C44H49ClN8O7S. The smallest absolute Gasteiger partial charge is 0.293 e. The highest BCUT2D eigenvalue weighted by molar-refractivity contribution is 7.90. The fourth-order valence-electron chi connectivity index (χ4n) is 8.18. The molecule has 1 amide bonds. The lowest BCUT2D eigenvalue weighted by Crippen LogP contribution is -2.47. The van der Waals surface area contributed by atoms with Gasteiger partial charge in [0.2, 0.25) is 0 Å². The molecule has 0 saturated carbocycles. The van der Waals surface area contributed by atoms with E-state index in [1.54, 1.807) is 24.4 Å². The molecule has 4 N–H and O–H groups in total. The first-order valence-electron chi connectivity index (χ1n) is 20.4. The van der Waals surface area contributed by atoms with E-state index in [1.807, 2.05) is 18.2 Å². The summed E-state index contributed by atoms with van der Waals surface area (Å²) >= 11 is 6.24. The van der Waals surface area contributed by atoms with Gasteiger partial charge in [0, 0.05) is 86.3 Å². The summed E-state index contributed by atoms with van der Waals surface area (Å²) in [5, 5.41) is 19.8. The molecule has 2 aliphatic heterocycles. The largest absolute Gasteiger partial charge is 0.455 e. The molecule has 4 heterocycles. The number of anilines is 2. The number of nitrogens with one attached hydrogen (secondary N) is 4. The number of piperazine rings is 1. The van der Waals surface area contributed by atoms with Gasteiger partial charge in [0.05, 0.1) is 34.8 Å². The van der Waals surface area contributed by atoms with Crippen LogP contribution in [-0.2, 0) is 14.8 Å². The molecule has 15 nitrogen and oxygen atoms in total. The van der Waals surface area contributed by atoms with Crippen LogP contribution in [0.2, 0.25) is 5.02 Å². The number of halogens is 1. The molecule has 0 radical (unpaired) electrons. The number of aromatic amines is 1. The number of amides is 1. The summed E-state index contributed by atoms with van der Waals surface area (Å²) in [7, 11) is -4.57. The van der Waals surface area contributed by atoms with E-state index in [4.69, 9.17) is 21.1 Å². The van der Waals surface area contributed by atoms with Gasteiger partial charge >= 0.3 is 0 Å². The summed E-state index contributed by atoms with van der Waals surface area (Å²) in [6.07, 6.45) is 6.47. The highest BCUT2D eigenvalue weighted by atomic mass is 35.5. The Hall–Kier alpha value is -5.52. The van der Waals surface area contributed by atoms with E-state index in [0.29, 0.717) is 37.7 Å². The summed E-state index contributed by atoms with van der Waals surface area (Å²) in [5.74, 6) is -0.492. The number of rotatable bonds is 13. The van der Waals surface area contributed by atoms with Crippen LogP contribution >= 0.6 is 11.6 Å². The molecule has 3 aromatic carbocycles. The number of benzene rings is 3. The van der Waals surface area contributed by atoms with Gasteiger partial charge in [-0.25, -0.2) is 18.1 Å². The number of hydrogen-bond donors (Lipinski definition) is 4. The van der Waals surface area contributed by atoms with Crippen LogP contribution in [0.3, 0.4) is 0 Å². The maximum absolute atomic E-state index is 13.9. The first-order chi connectivity index (χ1) is 29.3. The minimum absolute atomic E-state index is 0.0444. The van der Waals surface area contributed by atoms with Crippen molar-refractivity contribution < 1.29 is 27.6 Å². The second-order valence-corrected chi connectivity index (χ2v) is 18.7. The van der Waals surface area contributed by atoms with Crippen molar-refractivity contribution in [1.29, 1.82) is 0 Å². The number of morpholine rings is 1. The van der Waals surface area contributed by atoms with Gasteiger partial charge in [-0.15, -0.1) is 0 Å². The second kappa shape index (κ2) is 17.8. The number of hydrogen-bond acceptors (Lipinski definition) is 12. The number of pyridine rings is 1. The molecule has 1 unspecified atom stereocenters. The monoisotopic (exact) mass is 868 g/mol. The lowest BCUT2D eigenvalue weighted by molar-refractivity contribution is -0.384. The summed E-state index contributed by atoms with van der Waals surface area (Å²) < 4.78 is 41.2. The molecule has 320 valence electrons. The van der Waals surface area contributed by atoms with Gasteiger partial charge in [0.15, 0.2) is 0 Å². The molecule has 2 aromatic heterocycles. The van der Waals surface area contributed by atoms with E-state index in [1.165, 1.54) is 41.1 Å². The van der Waals surface area contributed by atoms with Crippen LogP contribution in [0.5, 0.6) is 11.5 Å². The number of aromatic nitrogens is 2. The summed E-state index contributed by atoms with van der Waals surface area (Å²) in [6, 6.07) is 20.2. The first kappa shape index (κ1) is 42.2. The van der Waals surface area contributed by atoms with Crippen LogP contribution in [0, 0.1) is 15.5 Å². The van der Waals surface area contributed by atoms with Crippen molar-refractivity contribution in [2.24, 2.45) is 5.41 Å². The van der Waals surface area contributed by atoms with Crippen molar-refractivity contribution in [3.8, 4) is 11.5 Å². The fraction of sp³-hybridized carbons (Fsp3) is 0.364. The van der Waals surface area contributed by atoms with Gasteiger partial charge in [-0.3, -0.25) is 19.8 Å². The average Bonchev–Trinajstić information content (AvgIpc) is 3.72. The van der Waals surface area contributed by atoms with E-state index >= 15 is 0 Å². The van der Waals surface area contributed by atoms with Gasteiger partial charge in [-0.1, -0.05) is 43.2 Å². The first-order valence-corrected chi connectivity index (χ1v) is 22.3. The van der Waals surface area contributed by atoms with Crippen molar-refractivity contribution in [2.45, 2.75) is 44.0 Å². The Morgan fingerprint density at radius 2 is 1.87 bits per heavy atom. The number of nitro benzene ring substituents is 1. The van der Waals surface area contributed by atoms with E-state index in [9.17, 15) is 23.3 Å². The SMILES string of the molecule is CC1(C)CCC(CN2CCN(c3ccc(C(=O)NS(=O)(=O)c4ccc(NCC5COCCN5)c([N+](=O)[O-])c4)c(Oc4cnc5[nH]ccc5c4)c3)CC2)=C(c2ccc(Cl)cc2)C1. The molecule has 2 fully saturated rings. The van der Waals surface area contributed by atoms with Gasteiger partial charge in [-0.2, -0.15) is 0 Å². The minimum Gasteiger partial charge on any atom is -0.455 e. The second-order valence-electron chi connectivity index (χ2n) is 16.5. The van der Waals surface area contributed by atoms with E-state index in [0.717, 1.165) is 74.1 Å². The predicted octanol–water partition coefficient (Wildman–Crippen LogP) is 7.22. The summed E-state index contributed by atoms with van der Waals surface area (Å²) in [4.78, 5) is 37.0. The van der Waals surface area contributed by atoms with Gasteiger partial charge < -0.3 is 30.0 Å². The third kappa shape index (κ3) is 10.0. The van der Waals surface area contributed by atoms with Crippen LogP contribution in [0.4, 0.5) is 17.1 Å². The van der Waals surface area contributed by atoms with Crippen LogP contribution < -0.4 is 25.0 Å². The van der Waals surface area contributed by atoms with E-state index < -0.39 is 31.4 Å². The number of carbonyl (C=O) groups excluding carboxylic acids is 1.